The van der Waals surface area contributed by atoms with E-state index in [1.807, 2.05) is 5.38 Å². The van der Waals surface area contributed by atoms with Gasteiger partial charge in [0, 0.05) is 5.38 Å². The topological polar surface area (TPSA) is 32.9 Å². The number of nitrogens with one attached hydrogen (secondary N) is 1. The van der Waals surface area contributed by atoms with Gasteiger partial charge in [-0.3, -0.25) is 4.79 Å². The number of hydrogen-bond acceptors (Lipinski definition) is 3. The molecule has 2 rings (SSSR count). The van der Waals surface area contributed by atoms with E-state index < -0.39 is 0 Å². The summed E-state index contributed by atoms with van der Waals surface area (Å²) < 4.78 is 0.818. The quantitative estimate of drug-likeness (QED) is 0.583. The van der Waals surface area contributed by atoms with Gasteiger partial charge in [-0.15, -0.1) is 0 Å². The highest BCUT2D eigenvalue weighted by atomic mass is 127. The minimum atomic E-state index is 0.0367. The maximum Gasteiger partial charge on any atom is 0.263 e. The van der Waals surface area contributed by atoms with Gasteiger partial charge in [0.1, 0.15) is 0 Å². The van der Waals surface area contributed by atoms with Gasteiger partial charge in [-0.25, -0.2) is 0 Å². The number of aromatic nitrogens is 1. The molecule has 5 heteroatoms. The molecule has 0 aromatic rings. The van der Waals surface area contributed by atoms with Gasteiger partial charge in [0.2, 0.25) is 0 Å². The summed E-state index contributed by atoms with van der Waals surface area (Å²) in [7, 11) is 3.29. The lowest BCUT2D eigenvalue weighted by Gasteiger charge is -1.79. The lowest BCUT2D eigenvalue weighted by atomic mass is 10.4. The molecule has 10 heavy (non-hydrogen) atoms. The molecule has 2 heterocycles. The van der Waals surface area contributed by atoms with Crippen molar-refractivity contribution in [3.8, 4) is 10.6 Å². The molecule has 52 valence electrons. The van der Waals surface area contributed by atoms with Crippen LogP contribution in [0.1, 0.15) is 0 Å². The van der Waals surface area contributed by atoms with E-state index in [0.29, 0.717) is 0 Å². The molecule has 0 bridgehead atoms. The van der Waals surface area contributed by atoms with Gasteiger partial charge in [-0.1, -0.05) is 20.7 Å². The summed E-state index contributed by atoms with van der Waals surface area (Å²) in [6, 6.07) is 0. The van der Waals surface area contributed by atoms with Gasteiger partial charge in [-0.05, 0) is 22.6 Å². The van der Waals surface area contributed by atoms with Crippen LogP contribution in [0.25, 0.3) is 10.6 Å². The minimum Gasteiger partial charge on any atom is -0.320 e. The molecule has 2 aliphatic heterocycles. The lowest BCUT2D eigenvalue weighted by molar-refractivity contribution is 1.32. The Hall–Kier alpha value is 0.120. The molecule has 2 aliphatic rings. The van der Waals surface area contributed by atoms with Crippen LogP contribution in [-0.2, 0) is 0 Å². The monoisotopic (exact) mass is 283 g/mol. The van der Waals surface area contributed by atoms with Crippen molar-refractivity contribution < 1.29 is 0 Å². The molecule has 0 saturated heterocycles. The summed E-state index contributed by atoms with van der Waals surface area (Å²) in [5.41, 5.74) is 1.01. The second-order valence-electron chi connectivity index (χ2n) is 1.81. The van der Waals surface area contributed by atoms with Crippen molar-refractivity contribution in [2.45, 2.75) is 0 Å². The molecule has 0 radical (unpaired) electrons. The van der Waals surface area contributed by atoms with Crippen LogP contribution in [0.2, 0.25) is 0 Å². The summed E-state index contributed by atoms with van der Waals surface area (Å²) in [5.74, 6) is 0. The van der Waals surface area contributed by atoms with Crippen LogP contribution in [0, 0.1) is 3.57 Å². The third-order valence-electron chi connectivity index (χ3n) is 1.19. The van der Waals surface area contributed by atoms with Gasteiger partial charge in [0.05, 0.1) is 14.1 Å². The molecule has 0 aliphatic carbocycles. The van der Waals surface area contributed by atoms with Crippen LogP contribution in [0.3, 0.4) is 0 Å². The number of H-pyrrole nitrogens is 1. The summed E-state index contributed by atoms with van der Waals surface area (Å²) in [5, 5.41) is 1.96. The number of hydrogen-bond donors (Lipinski definition) is 1. The highest BCUT2D eigenvalue weighted by Crippen LogP contribution is 2.32. The molecule has 0 aromatic heterocycles. The van der Waals surface area contributed by atoms with Crippen LogP contribution in [0.5, 0.6) is 0 Å². The molecule has 0 saturated carbocycles. The van der Waals surface area contributed by atoms with E-state index in [4.69, 9.17) is 0 Å². The van der Waals surface area contributed by atoms with Crippen LogP contribution in [0.4, 0.5) is 0 Å². The van der Waals surface area contributed by atoms with E-state index in [2.05, 4.69) is 27.6 Å². The first kappa shape index (κ1) is 6.81. The molecule has 0 fully saturated rings. The zero-order chi connectivity index (χ0) is 7.14. The van der Waals surface area contributed by atoms with Crippen molar-refractivity contribution in [3.05, 3.63) is 19.3 Å². The first-order valence-corrected chi connectivity index (χ1v) is 5.83. The predicted molar refractivity (Wildman–Crippen MR) is 52.2 cm³/mol. The summed E-state index contributed by atoms with van der Waals surface area (Å²) in [4.78, 5) is 14.8. The molecule has 0 aromatic carbocycles. The molecular weight excluding hydrogens is 281 g/mol. The van der Waals surface area contributed by atoms with E-state index in [0.717, 1.165) is 14.1 Å². The Bertz CT molecular complexity index is 374. The maximum absolute atomic E-state index is 10.9. The first-order valence-electron chi connectivity index (χ1n) is 2.54. The normalized spacial score (nSPS) is 10.9. The highest BCUT2D eigenvalue weighted by Gasteiger charge is 2.13. The predicted octanol–water partition coefficient (Wildman–Crippen LogP) is 2.21. The lowest BCUT2D eigenvalue weighted by Crippen LogP contribution is -1.99. The van der Waals surface area contributed by atoms with Gasteiger partial charge < -0.3 is 4.98 Å². The van der Waals surface area contributed by atoms with Gasteiger partial charge >= 0.3 is 0 Å². The Kier molecular flexibility index (Phi) is 1.58. The average Bonchev–Trinajstić information content (AvgIpc) is 2.41. The van der Waals surface area contributed by atoms with E-state index in [9.17, 15) is 4.79 Å². The zero-order valence-electron chi connectivity index (χ0n) is 4.68. The largest absolute Gasteiger partial charge is 0.320 e. The second kappa shape index (κ2) is 2.31. The molecule has 0 unspecified atom stereocenters. The Morgan fingerprint density at radius 1 is 1.60 bits per heavy atom. The van der Waals surface area contributed by atoms with Crippen LogP contribution in [0.15, 0.2) is 10.2 Å². The Labute approximate surface area is 77.8 Å². The second-order valence-corrected chi connectivity index (χ2v) is 4.97. The number of aromatic amines is 1. The Balaban J connectivity index is 2.93. The maximum atomic E-state index is 10.9. The third-order valence-corrected chi connectivity index (χ3v) is 4.68. The van der Waals surface area contributed by atoms with Crippen LogP contribution >= 0.6 is 43.3 Å². The van der Waals surface area contributed by atoms with Crippen LogP contribution < -0.4 is 5.56 Å². The first-order chi connectivity index (χ1) is 4.79. The molecule has 2 nitrogen and oxygen atoms in total. The molecule has 0 atom stereocenters. The van der Waals surface area contributed by atoms with Gasteiger partial charge in [0.15, 0.2) is 0 Å². The van der Waals surface area contributed by atoms with Crippen molar-refractivity contribution in [1.82, 2.24) is 4.98 Å². The van der Waals surface area contributed by atoms with E-state index in [-0.39, 0.29) is 5.56 Å². The Morgan fingerprint density at radius 2 is 2.40 bits per heavy atom. The van der Waals surface area contributed by atoms with Crippen molar-refractivity contribution in [2.75, 3.05) is 0 Å². The standard InChI is InChI=1S/C5H2INOS2/c6-3-4-2(1-9-10-4)7-5(3)8/h1H,(H,7,8). The minimum absolute atomic E-state index is 0.0367. The fourth-order valence-electron chi connectivity index (χ4n) is 0.740. The van der Waals surface area contributed by atoms with Crippen molar-refractivity contribution in [3.63, 3.8) is 0 Å². The van der Waals surface area contributed by atoms with E-state index in [1.54, 1.807) is 20.7 Å². The van der Waals surface area contributed by atoms with E-state index >= 15 is 0 Å². The third kappa shape index (κ3) is 0.841. The molecule has 0 spiro atoms. The molecule has 0 amide bonds. The number of fused-ring (bicyclic) bond motifs is 1. The summed E-state index contributed by atoms with van der Waals surface area (Å²) in [6.07, 6.45) is 0. The average molecular weight is 283 g/mol. The summed E-state index contributed by atoms with van der Waals surface area (Å²) >= 11 is 2.07. The Morgan fingerprint density at radius 3 is 3.10 bits per heavy atom. The molecular formula is C5H2INOS2. The van der Waals surface area contributed by atoms with E-state index in [1.165, 1.54) is 0 Å². The number of halogens is 1. The summed E-state index contributed by atoms with van der Waals surface area (Å²) in [6.45, 7) is 0. The van der Waals surface area contributed by atoms with Crippen molar-refractivity contribution in [2.24, 2.45) is 0 Å². The fraction of sp³-hybridized carbons (Fsp3) is 0. The van der Waals surface area contributed by atoms with Gasteiger partial charge in [-0.2, -0.15) is 0 Å². The smallest absolute Gasteiger partial charge is 0.263 e. The fourth-order valence-corrected chi connectivity index (χ4v) is 4.04. The SMILES string of the molecule is O=c1[nH]c2cssc-2c1I. The van der Waals surface area contributed by atoms with Crippen LogP contribution in [-0.4, -0.2) is 4.98 Å². The van der Waals surface area contributed by atoms with Crippen molar-refractivity contribution in [1.29, 1.82) is 0 Å². The zero-order valence-corrected chi connectivity index (χ0v) is 8.47. The highest BCUT2D eigenvalue weighted by molar-refractivity contribution is 14.1. The molecule has 1 N–H and O–H groups in total. The van der Waals surface area contributed by atoms with Gasteiger partial charge in [0.25, 0.3) is 5.56 Å². The number of rotatable bonds is 0. The van der Waals surface area contributed by atoms with Crippen molar-refractivity contribution >= 4 is 43.3 Å².